The molecule has 1 aromatic carbocycles. The van der Waals surface area contributed by atoms with Crippen molar-refractivity contribution in [1.82, 2.24) is 0 Å². The normalized spacial score (nSPS) is 9.53. The van der Waals surface area contributed by atoms with Crippen molar-refractivity contribution in [3.63, 3.8) is 0 Å². The van der Waals surface area contributed by atoms with E-state index >= 15 is 0 Å². The summed E-state index contributed by atoms with van der Waals surface area (Å²) in [4.78, 5) is 11.4. The van der Waals surface area contributed by atoms with E-state index in [0.717, 1.165) is 5.56 Å². The SMILES string of the molecule is CCOC(=O)c1ccc(C)c(O[B]O)c1. The van der Waals surface area contributed by atoms with E-state index in [1.807, 2.05) is 6.92 Å². The van der Waals surface area contributed by atoms with Crippen molar-refractivity contribution in [3.05, 3.63) is 29.3 Å². The standard InChI is InChI=1S/C10H12BO4/c1-3-14-10(12)8-5-4-7(2)9(6-8)15-11-13/h4-6,13H,3H2,1-2H3. The second-order valence-electron chi connectivity index (χ2n) is 2.92. The summed E-state index contributed by atoms with van der Waals surface area (Å²) in [5.74, 6) is 0.0309. The van der Waals surface area contributed by atoms with Crippen molar-refractivity contribution in [1.29, 1.82) is 0 Å². The number of carbonyl (C=O) groups is 1. The average Bonchev–Trinajstić information content (AvgIpc) is 2.22. The van der Waals surface area contributed by atoms with Crippen LogP contribution in [0.1, 0.15) is 22.8 Å². The summed E-state index contributed by atoms with van der Waals surface area (Å²) in [6.45, 7) is 3.88. The fraction of sp³-hybridized carbons (Fsp3) is 0.300. The van der Waals surface area contributed by atoms with Crippen LogP contribution in [0.4, 0.5) is 0 Å². The molecular formula is C10H12BO4. The van der Waals surface area contributed by atoms with E-state index in [2.05, 4.69) is 0 Å². The molecule has 0 atom stereocenters. The van der Waals surface area contributed by atoms with Crippen molar-refractivity contribution in [2.24, 2.45) is 0 Å². The topological polar surface area (TPSA) is 55.8 Å². The summed E-state index contributed by atoms with van der Waals surface area (Å²) in [5.41, 5.74) is 1.23. The maximum Gasteiger partial charge on any atom is 0.569 e. The van der Waals surface area contributed by atoms with Gasteiger partial charge in [-0.15, -0.1) is 0 Å². The Morgan fingerprint density at radius 2 is 2.27 bits per heavy atom. The summed E-state index contributed by atoms with van der Waals surface area (Å²) < 4.78 is 9.66. The number of ether oxygens (including phenoxy) is 1. The third-order valence-electron chi connectivity index (χ3n) is 1.88. The number of aryl methyl sites for hydroxylation is 1. The molecule has 0 amide bonds. The first-order valence-electron chi connectivity index (χ1n) is 4.59. The third-order valence-corrected chi connectivity index (χ3v) is 1.88. The number of hydrogen-bond acceptors (Lipinski definition) is 4. The lowest BCUT2D eigenvalue weighted by Gasteiger charge is -2.08. The second kappa shape index (κ2) is 5.41. The lowest BCUT2D eigenvalue weighted by molar-refractivity contribution is 0.0526. The molecule has 79 valence electrons. The minimum Gasteiger partial charge on any atom is -0.537 e. The molecule has 0 aliphatic carbocycles. The van der Waals surface area contributed by atoms with E-state index in [1.54, 1.807) is 19.1 Å². The molecular weight excluding hydrogens is 195 g/mol. The van der Waals surface area contributed by atoms with Gasteiger partial charge in [0.15, 0.2) is 0 Å². The summed E-state index contributed by atoms with van der Waals surface area (Å²) in [5, 5.41) is 8.51. The molecule has 4 nitrogen and oxygen atoms in total. The minimum absolute atomic E-state index is 0.328. The van der Waals surface area contributed by atoms with E-state index in [-0.39, 0.29) is 0 Å². The number of hydrogen-bond donors (Lipinski definition) is 1. The number of carbonyl (C=O) groups excluding carboxylic acids is 1. The van der Waals surface area contributed by atoms with Gasteiger partial charge < -0.3 is 14.4 Å². The molecule has 0 aliphatic rings. The van der Waals surface area contributed by atoms with Crippen molar-refractivity contribution in [2.75, 3.05) is 6.61 Å². The molecule has 0 aliphatic heterocycles. The van der Waals surface area contributed by atoms with Crippen LogP contribution in [-0.4, -0.2) is 25.3 Å². The van der Waals surface area contributed by atoms with Crippen LogP contribution in [0.5, 0.6) is 5.75 Å². The predicted molar refractivity (Wildman–Crippen MR) is 55.7 cm³/mol. The van der Waals surface area contributed by atoms with Gasteiger partial charge in [0.2, 0.25) is 0 Å². The zero-order chi connectivity index (χ0) is 11.3. The molecule has 0 saturated carbocycles. The van der Waals surface area contributed by atoms with Crippen LogP contribution < -0.4 is 4.65 Å². The summed E-state index contributed by atoms with van der Waals surface area (Å²) in [6.07, 6.45) is 0. The van der Waals surface area contributed by atoms with E-state index in [9.17, 15) is 4.79 Å². The Balaban J connectivity index is 2.91. The molecule has 1 aromatic rings. The first-order valence-corrected chi connectivity index (χ1v) is 4.59. The van der Waals surface area contributed by atoms with Gasteiger partial charge in [0.1, 0.15) is 5.75 Å². The quantitative estimate of drug-likeness (QED) is 0.592. The molecule has 5 heteroatoms. The van der Waals surface area contributed by atoms with Crippen molar-refractivity contribution >= 4 is 13.7 Å². The van der Waals surface area contributed by atoms with Crippen molar-refractivity contribution < 1.29 is 19.2 Å². The summed E-state index contributed by atoms with van der Waals surface area (Å²) in [6, 6.07) is 4.91. The third kappa shape index (κ3) is 2.99. The number of esters is 1. The largest absolute Gasteiger partial charge is 0.569 e. The van der Waals surface area contributed by atoms with Crippen LogP contribution in [0.25, 0.3) is 0 Å². The van der Waals surface area contributed by atoms with E-state index in [4.69, 9.17) is 14.4 Å². The van der Waals surface area contributed by atoms with Gasteiger partial charge in [-0.1, -0.05) is 6.07 Å². The molecule has 0 spiro atoms. The fourth-order valence-electron chi connectivity index (χ4n) is 1.13. The molecule has 0 bridgehead atoms. The highest BCUT2D eigenvalue weighted by molar-refractivity contribution is 6.17. The highest BCUT2D eigenvalue weighted by atomic mass is 16.5. The van der Waals surface area contributed by atoms with Crippen LogP contribution in [0.2, 0.25) is 0 Å². The van der Waals surface area contributed by atoms with Crippen LogP contribution in [0, 0.1) is 6.92 Å². The molecule has 15 heavy (non-hydrogen) atoms. The van der Waals surface area contributed by atoms with Crippen LogP contribution in [-0.2, 0) is 4.74 Å². The fourth-order valence-corrected chi connectivity index (χ4v) is 1.13. The van der Waals surface area contributed by atoms with E-state index < -0.39 is 5.97 Å². The first kappa shape index (κ1) is 11.6. The van der Waals surface area contributed by atoms with Gasteiger partial charge in [-0.2, -0.15) is 0 Å². The smallest absolute Gasteiger partial charge is 0.537 e. The zero-order valence-corrected chi connectivity index (χ0v) is 8.69. The molecule has 1 rings (SSSR count). The monoisotopic (exact) mass is 207 g/mol. The van der Waals surface area contributed by atoms with Gasteiger partial charge in [0.05, 0.1) is 12.2 Å². The molecule has 0 fully saturated rings. The van der Waals surface area contributed by atoms with Crippen LogP contribution in [0.15, 0.2) is 18.2 Å². The Labute approximate surface area is 89.1 Å². The molecule has 0 heterocycles. The number of rotatable bonds is 4. The molecule has 0 aromatic heterocycles. The maximum atomic E-state index is 11.4. The van der Waals surface area contributed by atoms with Gasteiger partial charge in [0.25, 0.3) is 0 Å². The van der Waals surface area contributed by atoms with Gasteiger partial charge >= 0.3 is 13.7 Å². The van der Waals surface area contributed by atoms with Gasteiger partial charge in [0, 0.05) is 0 Å². The van der Waals surface area contributed by atoms with Gasteiger partial charge in [-0.3, -0.25) is 0 Å². The first-order chi connectivity index (χ1) is 7.19. The average molecular weight is 207 g/mol. The lowest BCUT2D eigenvalue weighted by atomic mass is 10.1. The Morgan fingerprint density at radius 3 is 2.87 bits per heavy atom. The van der Waals surface area contributed by atoms with E-state index in [0.29, 0.717) is 25.6 Å². The Hall–Kier alpha value is -1.49. The Morgan fingerprint density at radius 1 is 1.53 bits per heavy atom. The summed E-state index contributed by atoms with van der Waals surface area (Å²) in [7, 11) is 0.581. The lowest BCUT2D eigenvalue weighted by Crippen LogP contribution is -2.07. The predicted octanol–water partition coefficient (Wildman–Crippen LogP) is 1.08. The number of benzene rings is 1. The Bertz CT molecular complexity index is 351. The molecule has 0 unspecified atom stereocenters. The van der Waals surface area contributed by atoms with Gasteiger partial charge in [-0.25, -0.2) is 4.79 Å². The highest BCUT2D eigenvalue weighted by Gasteiger charge is 2.09. The minimum atomic E-state index is -0.403. The molecule has 0 saturated heterocycles. The van der Waals surface area contributed by atoms with Crippen LogP contribution in [0.3, 0.4) is 0 Å². The molecule has 1 radical (unpaired) electrons. The Kier molecular flexibility index (Phi) is 4.18. The zero-order valence-electron chi connectivity index (χ0n) is 8.69. The van der Waals surface area contributed by atoms with Gasteiger partial charge in [-0.05, 0) is 31.5 Å². The second-order valence-corrected chi connectivity index (χ2v) is 2.92. The van der Waals surface area contributed by atoms with E-state index in [1.165, 1.54) is 6.07 Å². The van der Waals surface area contributed by atoms with Crippen molar-refractivity contribution in [2.45, 2.75) is 13.8 Å². The highest BCUT2D eigenvalue weighted by Crippen LogP contribution is 2.19. The summed E-state index contributed by atoms with van der Waals surface area (Å²) >= 11 is 0. The maximum absolute atomic E-state index is 11.4. The molecule has 1 N–H and O–H groups in total. The van der Waals surface area contributed by atoms with Crippen LogP contribution >= 0.6 is 0 Å². The van der Waals surface area contributed by atoms with Crippen molar-refractivity contribution in [3.8, 4) is 5.75 Å².